The van der Waals surface area contributed by atoms with Gasteiger partial charge in [0.15, 0.2) is 11.6 Å². The van der Waals surface area contributed by atoms with E-state index in [0.717, 1.165) is 17.8 Å². The van der Waals surface area contributed by atoms with Crippen molar-refractivity contribution < 1.29 is 22.7 Å². The zero-order valence-electron chi connectivity index (χ0n) is 17.0. The normalized spacial score (nSPS) is 14.6. The molecular formula is C23H22F3N3O2. The summed E-state index contributed by atoms with van der Waals surface area (Å²) in [5.41, 5.74) is 1.95. The Morgan fingerprint density at radius 2 is 1.74 bits per heavy atom. The number of halogens is 3. The molecule has 1 aliphatic heterocycles. The fourth-order valence-corrected chi connectivity index (χ4v) is 3.79. The highest BCUT2D eigenvalue weighted by molar-refractivity contribution is 5.95. The highest BCUT2D eigenvalue weighted by atomic mass is 19.1. The van der Waals surface area contributed by atoms with E-state index < -0.39 is 11.6 Å². The molecule has 0 aliphatic carbocycles. The molecule has 1 fully saturated rings. The van der Waals surface area contributed by atoms with E-state index in [1.165, 1.54) is 18.2 Å². The van der Waals surface area contributed by atoms with Crippen molar-refractivity contribution in [2.45, 2.75) is 32.3 Å². The van der Waals surface area contributed by atoms with E-state index in [9.17, 15) is 18.0 Å². The highest BCUT2D eigenvalue weighted by Gasteiger charge is 2.28. The number of piperidine rings is 1. The van der Waals surface area contributed by atoms with Gasteiger partial charge in [-0.2, -0.15) is 5.10 Å². The van der Waals surface area contributed by atoms with Crippen LogP contribution >= 0.6 is 0 Å². The lowest BCUT2D eigenvalue weighted by molar-refractivity contribution is 0.0587. The Kier molecular flexibility index (Phi) is 5.97. The lowest BCUT2D eigenvalue weighted by atomic mass is 10.1. The first-order valence-corrected chi connectivity index (χ1v) is 10.2. The lowest BCUT2D eigenvalue weighted by Gasteiger charge is -2.32. The second-order valence-electron chi connectivity index (χ2n) is 7.43. The van der Waals surface area contributed by atoms with Crippen LogP contribution in [-0.4, -0.2) is 39.8 Å². The Morgan fingerprint density at radius 3 is 2.39 bits per heavy atom. The number of aromatic nitrogens is 2. The second-order valence-corrected chi connectivity index (χ2v) is 7.43. The number of hydrogen-bond acceptors (Lipinski definition) is 3. The Morgan fingerprint density at radius 1 is 1.06 bits per heavy atom. The number of rotatable bonds is 5. The minimum atomic E-state index is -0.737. The van der Waals surface area contributed by atoms with E-state index in [-0.39, 0.29) is 23.6 Å². The Labute approximate surface area is 178 Å². The van der Waals surface area contributed by atoms with E-state index in [0.29, 0.717) is 43.6 Å². The van der Waals surface area contributed by atoms with Gasteiger partial charge in [0.25, 0.3) is 5.91 Å². The van der Waals surface area contributed by atoms with Crippen LogP contribution in [0.15, 0.2) is 48.7 Å². The topological polar surface area (TPSA) is 47.4 Å². The third kappa shape index (κ3) is 4.42. The number of nitrogens with zero attached hydrogens (tertiary/aromatic N) is 3. The quantitative estimate of drug-likeness (QED) is 0.599. The number of hydrogen-bond donors (Lipinski definition) is 0. The predicted octanol–water partition coefficient (Wildman–Crippen LogP) is 4.54. The fraction of sp³-hybridized carbons (Fsp3) is 0.304. The van der Waals surface area contributed by atoms with Crippen LogP contribution in [0.4, 0.5) is 13.2 Å². The van der Waals surface area contributed by atoms with Gasteiger partial charge in [-0.15, -0.1) is 0 Å². The predicted molar refractivity (Wildman–Crippen MR) is 109 cm³/mol. The van der Waals surface area contributed by atoms with E-state index in [2.05, 4.69) is 5.10 Å². The zero-order valence-corrected chi connectivity index (χ0v) is 17.0. The smallest absolute Gasteiger partial charge is 0.257 e. The number of carbonyl (C=O) groups is 1. The van der Waals surface area contributed by atoms with Gasteiger partial charge in [-0.3, -0.25) is 4.79 Å². The van der Waals surface area contributed by atoms with Gasteiger partial charge in [0.1, 0.15) is 17.7 Å². The molecule has 8 heteroatoms. The van der Waals surface area contributed by atoms with Crippen molar-refractivity contribution in [3.05, 3.63) is 77.4 Å². The summed E-state index contributed by atoms with van der Waals surface area (Å²) in [7, 11) is 0. The molecule has 0 saturated carbocycles. The first-order valence-electron chi connectivity index (χ1n) is 10.2. The van der Waals surface area contributed by atoms with Crippen LogP contribution in [0.25, 0.3) is 5.69 Å². The van der Waals surface area contributed by atoms with Crippen molar-refractivity contribution in [1.29, 1.82) is 0 Å². The van der Waals surface area contributed by atoms with Crippen LogP contribution in [-0.2, 0) is 6.42 Å². The van der Waals surface area contributed by atoms with Crippen molar-refractivity contribution in [2.24, 2.45) is 0 Å². The van der Waals surface area contributed by atoms with Gasteiger partial charge in [-0.05, 0) is 42.8 Å². The molecule has 0 bridgehead atoms. The number of likely N-dealkylation sites (tertiary alicyclic amines) is 1. The molecule has 4 rings (SSSR count). The van der Waals surface area contributed by atoms with Gasteiger partial charge in [0.2, 0.25) is 0 Å². The Hall–Kier alpha value is -3.29. The van der Waals surface area contributed by atoms with E-state index in [1.807, 2.05) is 6.92 Å². The Balaban J connectivity index is 1.43. The van der Waals surface area contributed by atoms with Gasteiger partial charge < -0.3 is 9.64 Å². The van der Waals surface area contributed by atoms with Crippen LogP contribution in [0.3, 0.4) is 0 Å². The maximum absolute atomic E-state index is 13.8. The third-order valence-electron chi connectivity index (χ3n) is 5.42. The molecule has 2 aromatic carbocycles. The SMILES string of the molecule is CCc1c(C(=O)N2CCC(Oc3ccc(F)cc3F)CC2)cnn1-c1ccc(F)cc1. The minimum Gasteiger partial charge on any atom is -0.487 e. The van der Waals surface area contributed by atoms with Crippen LogP contribution in [0.5, 0.6) is 5.75 Å². The molecule has 31 heavy (non-hydrogen) atoms. The van der Waals surface area contributed by atoms with Gasteiger partial charge in [-0.1, -0.05) is 6.92 Å². The average molecular weight is 429 g/mol. The van der Waals surface area contributed by atoms with Gasteiger partial charge in [0, 0.05) is 32.0 Å². The van der Waals surface area contributed by atoms with Crippen molar-refractivity contribution in [2.75, 3.05) is 13.1 Å². The third-order valence-corrected chi connectivity index (χ3v) is 5.42. The van der Waals surface area contributed by atoms with E-state index in [1.54, 1.807) is 27.9 Å². The summed E-state index contributed by atoms with van der Waals surface area (Å²) >= 11 is 0. The number of benzene rings is 2. The van der Waals surface area contributed by atoms with E-state index in [4.69, 9.17) is 4.74 Å². The molecule has 1 amide bonds. The maximum Gasteiger partial charge on any atom is 0.257 e. The lowest BCUT2D eigenvalue weighted by Crippen LogP contribution is -2.42. The molecule has 0 atom stereocenters. The highest BCUT2D eigenvalue weighted by Crippen LogP contribution is 2.24. The molecule has 0 unspecified atom stereocenters. The molecule has 0 N–H and O–H groups in total. The summed E-state index contributed by atoms with van der Waals surface area (Å²) in [5.74, 6) is -1.84. The molecule has 1 aliphatic rings. The van der Waals surface area contributed by atoms with E-state index >= 15 is 0 Å². The van der Waals surface area contributed by atoms with Crippen molar-refractivity contribution in [3.63, 3.8) is 0 Å². The molecule has 0 spiro atoms. The second kappa shape index (κ2) is 8.83. The summed E-state index contributed by atoms with van der Waals surface area (Å²) in [6.45, 7) is 2.85. The van der Waals surface area contributed by atoms with Crippen molar-refractivity contribution in [3.8, 4) is 11.4 Å². The summed E-state index contributed by atoms with van der Waals surface area (Å²) in [5, 5.41) is 4.34. The largest absolute Gasteiger partial charge is 0.487 e. The van der Waals surface area contributed by atoms with Gasteiger partial charge >= 0.3 is 0 Å². The molecule has 162 valence electrons. The van der Waals surface area contributed by atoms with Crippen molar-refractivity contribution >= 4 is 5.91 Å². The Bertz CT molecular complexity index is 1070. The summed E-state index contributed by atoms with van der Waals surface area (Å²) in [4.78, 5) is 14.8. The van der Waals surface area contributed by atoms with Crippen LogP contribution < -0.4 is 4.74 Å². The fourth-order valence-electron chi connectivity index (χ4n) is 3.79. The summed E-state index contributed by atoms with van der Waals surface area (Å²) < 4.78 is 47.4. The van der Waals surface area contributed by atoms with Crippen LogP contribution in [0.1, 0.15) is 35.8 Å². The van der Waals surface area contributed by atoms with Gasteiger partial charge in [0.05, 0.1) is 23.1 Å². The molecular weight excluding hydrogens is 407 g/mol. The molecule has 2 heterocycles. The first kappa shape index (κ1) is 21.0. The average Bonchev–Trinajstić information content (AvgIpc) is 3.20. The van der Waals surface area contributed by atoms with Crippen LogP contribution in [0, 0.1) is 17.5 Å². The zero-order chi connectivity index (χ0) is 22.0. The molecule has 1 saturated heterocycles. The molecule has 5 nitrogen and oxygen atoms in total. The monoisotopic (exact) mass is 429 g/mol. The standard InChI is InChI=1S/C23H22F3N3O2/c1-2-21-19(14-27-29(21)17-6-3-15(24)4-7-17)23(30)28-11-9-18(10-12-28)31-22-8-5-16(25)13-20(22)26/h3-8,13-14,18H,2,9-12H2,1H3. The number of amides is 1. The summed E-state index contributed by atoms with van der Waals surface area (Å²) in [6.07, 6.45) is 2.95. The van der Waals surface area contributed by atoms with Crippen LogP contribution in [0.2, 0.25) is 0 Å². The number of ether oxygens (including phenoxy) is 1. The van der Waals surface area contributed by atoms with Crippen molar-refractivity contribution in [1.82, 2.24) is 14.7 Å². The number of carbonyl (C=O) groups excluding carboxylic acids is 1. The van der Waals surface area contributed by atoms with Gasteiger partial charge in [-0.25, -0.2) is 17.9 Å². The first-order chi connectivity index (χ1) is 15.0. The maximum atomic E-state index is 13.8. The minimum absolute atomic E-state index is 0.0139. The molecule has 3 aromatic rings. The summed E-state index contributed by atoms with van der Waals surface area (Å²) in [6, 6.07) is 9.17. The molecule has 1 aromatic heterocycles. The molecule has 0 radical (unpaired) electrons.